The predicted octanol–water partition coefficient (Wildman–Crippen LogP) is 2.28. The van der Waals surface area contributed by atoms with Crippen LogP contribution in [0.1, 0.15) is 11.4 Å². The number of guanidine groups is 1. The Kier molecular flexibility index (Phi) is 8.96. The molecule has 9 nitrogen and oxygen atoms in total. The van der Waals surface area contributed by atoms with Crippen LogP contribution in [0.2, 0.25) is 0 Å². The SMILES string of the molecule is CN=C(NCCc1c(OC)cc(OC)cc1OC)NCc1nnc2ccccn12.I. The van der Waals surface area contributed by atoms with Crippen LogP contribution in [-0.2, 0) is 13.0 Å². The number of hydrogen-bond donors (Lipinski definition) is 2. The lowest BCUT2D eigenvalue weighted by Crippen LogP contribution is -2.38. The molecule has 0 amide bonds. The van der Waals surface area contributed by atoms with Gasteiger partial charge in [-0.3, -0.25) is 9.39 Å². The maximum absolute atomic E-state index is 5.50. The van der Waals surface area contributed by atoms with E-state index in [0.717, 1.165) is 28.5 Å². The second kappa shape index (κ2) is 11.4. The largest absolute Gasteiger partial charge is 0.496 e. The number of nitrogens with one attached hydrogen (secondary N) is 2. The van der Waals surface area contributed by atoms with Crippen molar-refractivity contribution in [3.8, 4) is 17.2 Å². The number of hydrogen-bond acceptors (Lipinski definition) is 6. The van der Waals surface area contributed by atoms with Gasteiger partial charge in [0.15, 0.2) is 17.4 Å². The fourth-order valence-electron chi connectivity index (χ4n) is 3.03. The van der Waals surface area contributed by atoms with Crippen molar-refractivity contribution < 1.29 is 14.2 Å². The molecular formula is C20H27IN6O3. The smallest absolute Gasteiger partial charge is 0.191 e. The standard InChI is InChI=1S/C20H26N6O3.HI/c1-21-20(23-13-19-25-24-18-7-5-6-10-26(18)19)22-9-8-15-16(28-3)11-14(27-2)12-17(15)29-4;/h5-7,10-12H,8-9,13H2,1-4H3,(H2,21,22,23);1H. The Hall–Kier alpha value is -2.76. The van der Waals surface area contributed by atoms with Crippen LogP contribution in [0.25, 0.3) is 5.65 Å². The average molecular weight is 526 g/mol. The van der Waals surface area contributed by atoms with Crippen LogP contribution in [-0.4, -0.2) is 55.5 Å². The van der Waals surface area contributed by atoms with Crippen LogP contribution in [0.3, 0.4) is 0 Å². The molecule has 0 aliphatic carbocycles. The second-order valence-corrected chi connectivity index (χ2v) is 6.16. The Bertz CT molecular complexity index is 967. The molecule has 1 aromatic carbocycles. The van der Waals surface area contributed by atoms with Crippen molar-refractivity contribution in [1.29, 1.82) is 0 Å². The van der Waals surface area contributed by atoms with Gasteiger partial charge in [0.25, 0.3) is 0 Å². The van der Waals surface area contributed by atoms with Crippen molar-refractivity contribution in [1.82, 2.24) is 25.2 Å². The number of aromatic nitrogens is 3. The van der Waals surface area contributed by atoms with Crippen LogP contribution in [0.15, 0.2) is 41.5 Å². The maximum Gasteiger partial charge on any atom is 0.191 e. The van der Waals surface area contributed by atoms with E-state index in [2.05, 4.69) is 25.8 Å². The minimum Gasteiger partial charge on any atom is -0.496 e. The molecule has 3 aromatic rings. The summed E-state index contributed by atoms with van der Waals surface area (Å²) >= 11 is 0. The zero-order valence-electron chi connectivity index (χ0n) is 17.5. The Labute approximate surface area is 192 Å². The Morgan fingerprint density at radius 2 is 1.77 bits per heavy atom. The van der Waals surface area contributed by atoms with Gasteiger partial charge in [-0.2, -0.15) is 0 Å². The lowest BCUT2D eigenvalue weighted by atomic mass is 10.1. The van der Waals surface area contributed by atoms with E-state index < -0.39 is 0 Å². The number of fused-ring (bicyclic) bond motifs is 1. The number of methoxy groups -OCH3 is 3. The molecule has 3 rings (SSSR count). The van der Waals surface area contributed by atoms with Crippen molar-refractivity contribution in [2.45, 2.75) is 13.0 Å². The summed E-state index contributed by atoms with van der Waals surface area (Å²) in [5.41, 5.74) is 1.77. The van der Waals surface area contributed by atoms with E-state index in [-0.39, 0.29) is 24.0 Å². The summed E-state index contributed by atoms with van der Waals surface area (Å²) < 4.78 is 18.2. The molecule has 2 N–H and O–H groups in total. The number of nitrogens with zero attached hydrogens (tertiary/aromatic N) is 4. The molecular weight excluding hydrogens is 499 g/mol. The fraction of sp³-hybridized carbons (Fsp3) is 0.350. The summed E-state index contributed by atoms with van der Waals surface area (Å²) in [6, 6.07) is 9.49. The monoisotopic (exact) mass is 526 g/mol. The van der Waals surface area contributed by atoms with Crippen molar-refractivity contribution >= 4 is 35.6 Å². The molecule has 0 unspecified atom stereocenters. The van der Waals surface area contributed by atoms with Gasteiger partial charge in [-0.25, -0.2) is 0 Å². The zero-order valence-corrected chi connectivity index (χ0v) is 19.8. The normalized spacial score (nSPS) is 11.0. The molecule has 0 saturated heterocycles. The van der Waals surface area contributed by atoms with Crippen LogP contribution in [0, 0.1) is 0 Å². The third-order valence-electron chi connectivity index (χ3n) is 4.51. The zero-order chi connectivity index (χ0) is 20.6. The molecule has 0 spiro atoms. The molecule has 2 aromatic heterocycles. The third-order valence-corrected chi connectivity index (χ3v) is 4.51. The third kappa shape index (κ3) is 5.43. The number of aliphatic imine (C=N–C) groups is 1. The second-order valence-electron chi connectivity index (χ2n) is 6.16. The lowest BCUT2D eigenvalue weighted by molar-refractivity contribution is 0.368. The number of rotatable bonds is 8. The first-order valence-electron chi connectivity index (χ1n) is 9.22. The van der Waals surface area contributed by atoms with Gasteiger partial charge in [0.05, 0.1) is 27.9 Å². The van der Waals surface area contributed by atoms with Crippen LogP contribution in [0.5, 0.6) is 17.2 Å². The number of benzene rings is 1. The summed E-state index contributed by atoms with van der Waals surface area (Å²) in [6.07, 6.45) is 2.62. The highest BCUT2D eigenvalue weighted by Crippen LogP contribution is 2.34. The topological polar surface area (TPSA) is 94.3 Å². The molecule has 30 heavy (non-hydrogen) atoms. The average Bonchev–Trinajstić information content (AvgIpc) is 3.18. The quantitative estimate of drug-likeness (QED) is 0.264. The first kappa shape index (κ1) is 23.5. The number of pyridine rings is 1. The molecule has 0 aliphatic rings. The Balaban J connectivity index is 0.00000320. The number of ether oxygens (including phenoxy) is 3. The van der Waals surface area contributed by atoms with Gasteiger partial charge in [-0.15, -0.1) is 34.2 Å². The molecule has 0 atom stereocenters. The molecule has 2 heterocycles. The first-order chi connectivity index (χ1) is 14.2. The highest BCUT2D eigenvalue weighted by molar-refractivity contribution is 14.0. The van der Waals surface area contributed by atoms with Gasteiger partial charge in [-0.1, -0.05) is 6.07 Å². The highest BCUT2D eigenvalue weighted by Gasteiger charge is 2.13. The first-order valence-corrected chi connectivity index (χ1v) is 9.22. The maximum atomic E-state index is 5.50. The van der Waals surface area contributed by atoms with E-state index in [1.807, 2.05) is 40.9 Å². The Morgan fingerprint density at radius 3 is 2.40 bits per heavy atom. The lowest BCUT2D eigenvalue weighted by Gasteiger charge is -2.16. The van der Waals surface area contributed by atoms with Crippen molar-refractivity contribution in [2.75, 3.05) is 34.9 Å². The van der Waals surface area contributed by atoms with Crippen molar-refractivity contribution in [3.05, 3.63) is 47.9 Å². The fourth-order valence-corrected chi connectivity index (χ4v) is 3.03. The molecule has 0 bridgehead atoms. The molecule has 0 aliphatic heterocycles. The van der Waals surface area contributed by atoms with Gasteiger partial charge in [0.2, 0.25) is 0 Å². The van der Waals surface area contributed by atoms with Gasteiger partial charge in [-0.05, 0) is 18.6 Å². The van der Waals surface area contributed by atoms with Crippen LogP contribution >= 0.6 is 24.0 Å². The van der Waals surface area contributed by atoms with E-state index in [0.29, 0.717) is 31.2 Å². The predicted molar refractivity (Wildman–Crippen MR) is 126 cm³/mol. The van der Waals surface area contributed by atoms with Crippen LogP contribution < -0.4 is 24.8 Å². The molecule has 0 fully saturated rings. The van der Waals surface area contributed by atoms with Gasteiger partial charge in [0, 0.05) is 37.5 Å². The van der Waals surface area contributed by atoms with Gasteiger partial charge >= 0.3 is 0 Å². The molecule has 10 heteroatoms. The minimum atomic E-state index is 0. The molecule has 162 valence electrons. The number of halogens is 1. The summed E-state index contributed by atoms with van der Waals surface area (Å²) in [5, 5.41) is 14.9. The summed E-state index contributed by atoms with van der Waals surface area (Å²) in [5.74, 6) is 3.61. The van der Waals surface area contributed by atoms with Gasteiger partial charge < -0.3 is 24.8 Å². The van der Waals surface area contributed by atoms with Crippen LogP contribution in [0.4, 0.5) is 0 Å². The van der Waals surface area contributed by atoms with E-state index in [1.54, 1.807) is 28.4 Å². The van der Waals surface area contributed by atoms with E-state index >= 15 is 0 Å². The molecule has 0 radical (unpaired) electrons. The minimum absolute atomic E-state index is 0. The van der Waals surface area contributed by atoms with E-state index in [4.69, 9.17) is 14.2 Å². The Morgan fingerprint density at radius 1 is 1.03 bits per heavy atom. The van der Waals surface area contributed by atoms with Crippen molar-refractivity contribution in [2.24, 2.45) is 4.99 Å². The summed E-state index contributed by atoms with van der Waals surface area (Å²) in [7, 11) is 6.61. The van der Waals surface area contributed by atoms with E-state index in [1.165, 1.54) is 0 Å². The van der Waals surface area contributed by atoms with Crippen molar-refractivity contribution in [3.63, 3.8) is 0 Å². The molecule has 0 saturated carbocycles. The summed E-state index contributed by atoms with van der Waals surface area (Å²) in [4.78, 5) is 4.27. The van der Waals surface area contributed by atoms with Gasteiger partial charge in [0.1, 0.15) is 17.2 Å². The highest BCUT2D eigenvalue weighted by atomic mass is 127. The summed E-state index contributed by atoms with van der Waals surface area (Å²) in [6.45, 7) is 1.14. The van der Waals surface area contributed by atoms with E-state index in [9.17, 15) is 0 Å².